The lowest BCUT2D eigenvalue weighted by Crippen LogP contribution is -2.44. The molecule has 0 spiro atoms. The SMILES string of the molecule is OCCSNc1ccc2c(c1)N1CCC(CC1)CCC(F)(F)C1CCCN(C1)c1cc(ccn1)-c1nnc-2o1. The van der Waals surface area contributed by atoms with Crippen molar-refractivity contribution in [2.24, 2.45) is 11.8 Å². The fourth-order valence-corrected chi connectivity index (χ4v) is 6.47. The number of aromatic nitrogens is 3. The van der Waals surface area contributed by atoms with Crippen LogP contribution in [-0.4, -0.2) is 64.7 Å². The zero-order valence-electron chi connectivity index (χ0n) is 21.9. The average molecular weight is 557 g/mol. The van der Waals surface area contributed by atoms with E-state index >= 15 is 8.78 Å². The Morgan fingerprint density at radius 2 is 1.87 bits per heavy atom. The van der Waals surface area contributed by atoms with E-state index in [2.05, 4.69) is 30.9 Å². The van der Waals surface area contributed by atoms with Crippen molar-refractivity contribution in [1.82, 2.24) is 15.2 Å². The van der Waals surface area contributed by atoms with E-state index in [1.807, 2.05) is 29.2 Å². The van der Waals surface area contributed by atoms with Crippen molar-refractivity contribution in [2.75, 3.05) is 53.1 Å². The van der Waals surface area contributed by atoms with Gasteiger partial charge in [0.15, 0.2) is 0 Å². The van der Waals surface area contributed by atoms with E-state index in [1.54, 1.807) is 6.20 Å². The van der Waals surface area contributed by atoms with Crippen LogP contribution >= 0.6 is 11.9 Å². The summed E-state index contributed by atoms with van der Waals surface area (Å²) in [6.45, 7) is 2.66. The van der Waals surface area contributed by atoms with Crippen LogP contribution in [0.3, 0.4) is 0 Å². The van der Waals surface area contributed by atoms with Crippen LogP contribution in [0.4, 0.5) is 26.0 Å². The molecule has 1 unspecified atom stereocenters. The molecular formula is C28H34F2N6O2S. The number of hydrogen-bond donors (Lipinski definition) is 2. The van der Waals surface area contributed by atoms with Gasteiger partial charge >= 0.3 is 0 Å². The van der Waals surface area contributed by atoms with Crippen molar-refractivity contribution in [1.29, 1.82) is 0 Å². The molecule has 6 heterocycles. The molecule has 4 aliphatic rings. The molecule has 0 amide bonds. The van der Waals surface area contributed by atoms with Gasteiger partial charge < -0.3 is 24.0 Å². The zero-order chi connectivity index (χ0) is 26.8. The Morgan fingerprint density at radius 3 is 2.72 bits per heavy atom. The largest absolute Gasteiger partial charge is 0.416 e. The van der Waals surface area contributed by atoms with Crippen LogP contribution in [0, 0.1) is 11.8 Å². The molecule has 1 aromatic carbocycles. The molecule has 2 saturated heterocycles. The highest BCUT2D eigenvalue weighted by Crippen LogP contribution is 2.41. The molecule has 2 N–H and O–H groups in total. The van der Waals surface area contributed by atoms with E-state index in [4.69, 9.17) is 9.52 Å². The quantitative estimate of drug-likeness (QED) is 0.310. The molecule has 4 aliphatic heterocycles. The number of aliphatic hydroxyl groups is 1. The van der Waals surface area contributed by atoms with E-state index in [0.717, 1.165) is 54.9 Å². The molecule has 39 heavy (non-hydrogen) atoms. The summed E-state index contributed by atoms with van der Waals surface area (Å²) in [6.07, 6.45) is 5.16. The Hall–Kier alpha value is -2.92. The highest BCUT2D eigenvalue weighted by Gasteiger charge is 2.42. The van der Waals surface area contributed by atoms with Crippen molar-refractivity contribution < 1.29 is 18.3 Å². The number of nitrogens with one attached hydrogen (secondary N) is 1. The third-order valence-electron chi connectivity index (χ3n) is 8.21. The molecule has 2 aromatic heterocycles. The fraction of sp³-hybridized carbons (Fsp3) is 0.536. The number of fused-ring (bicyclic) bond motifs is 4. The molecular weight excluding hydrogens is 522 g/mol. The van der Waals surface area contributed by atoms with Gasteiger partial charge in [0.05, 0.1) is 17.9 Å². The molecule has 1 atom stereocenters. The van der Waals surface area contributed by atoms with Gasteiger partial charge in [-0.05, 0) is 68.4 Å². The molecule has 11 heteroatoms. The maximum absolute atomic E-state index is 15.5. The minimum Gasteiger partial charge on any atom is -0.416 e. The second-order valence-electron chi connectivity index (χ2n) is 10.7. The van der Waals surface area contributed by atoms with Crippen molar-refractivity contribution in [2.45, 2.75) is 44.4 Å². The van der Waals surface area contributed by atoms with Gasteiger partial charge in [-0.2, -0.15) is 0 Å². The molecule has 8 bridgehead atoms. The number of rotatable bonds is 4. The molecule has 8 nitrogen and oxygen atoms in total. The second kappa shape index (κ2) is 11.3. The van der Waals surface area contributed by atoms with Crippen LogP contribution < -0.4 is 14.5 Å². The topological polar surface area (TPSA) is 90.6 Å². The van der Waals surface area contributed by atoms with Crippen molar-refractivity contribution in [3.63, 3.8) is 0 Å². The number of aliphatic hydroxyl groups excluding tert-OH is 1. The summed E-state index contributed by atoms with van der Waals surface area (Å²) in [5.41, 5.74) is 3.44. The van der Waals surface area contributed by atoms with Crippen LogP contribution in [0.25, 0.3) is 22.9 Å². The van der Waals surface area contributed by atoms with Crippen LogP contribution in [0.1, 0.15) is 38.5 Å². The van der Waals surface area contributed by atoms with E-state index in [9.17, 15) is 0 Å². The third-order valence-corrected chi connectivity index (χ3v) is 8.98. The smallest absolute Gasteiger partial charge is 0.252 e. The highest BCUT2D eigenvalue weighted by molar-refractivity contribution is 8.00. The zero-order valence-corrected chi connectivity index (χ0v) is 22.7. The molecule has 2 fully saturated rings. The van der Waals surface area contributed by atoms with Gasteiger partial charge in [-0.3, -0.25) is 0 Å². The highest BCUT2D eigenvalue weighted by atomic mass is 32.2. The maximum Gasteiger partial charge on any atom is 0.252 e. The minimum atomic E-state index is -2.69. The van der Waals surface area contributed by atoms with Gasteiger partial charge in [0.1, 0.15) is 5.82 Å². The number of anilines is 3. The Bertz CT molecular complexity index is 1280. The van der Waals surface area contributed by atoms with Gasteiger partial charge in [0.2, 0.25) is 11.8 Å². The lowest BCUT2D eigenvalue weighted by molar-refractivity contribution is -0.0737. The lowest BCUT2D eigenvalue weighted by Gasteiger charge is -2.39. The van der Waals surface area contributed by atoms with Crippen LogP contribution in [0.15, 0.2) is 40.9 Å². The van der Waals surface area contributed by atoms with Gasteiger partial charge in [-0.1, -0.05) is 11.9 Å². The number of alkyl halides is 2. The molecule has 0 aliphatic carbocycles. The molecule has 208 valence electrons. The maximum atomic E-state index is 15.5. The summed E-state index contributed by atoms with van der Waals surface area (Å²) in [5, 5.41) is 17.9. The van der Waals surface area contributed by atoms with E-state index in [1.165, 1.54) is 11.9 Å². The molecule has 7 rings (SSSR count). The van der Waals surface area contributed by atoms with E-state index in [-0.39, 0.29) is 18.9 Å². The predicted molar refractivity (Wildman–Crippen MR) is 150 cm³/mol. The molecule has 0 saturated carbocycles. The Balaban J connectivity index is 1.38. The Kier molecular flexibility index (Phi) is 7.61. The summed E-state index contributed by atoms with van der Waals surface area (Å²) >= 11 is 1.44. The summed E-state index contributed by atoms with van der Waals surface area (Å²) in [4.78, 5) is 8.77. The number of piperidine rings is 2. The number of benzene rings is 1. The minimum absolute atomic E-state index is 0.0577. The van der Waals surface area contributed by atoms with Gasteiger partial charge in [-0.15, -0.1) is 10.2 Å². The summed E-state index contributed by atoms with van der Waals surface area (Å²) in [7, 11) is 0. The summed E-state index contributed by atoms with van der Waals surface area (Å²) in [6, 6.07) is 9.68. The first-order valence-corrected chi connectivity index (χ1v) is 14.8. The van der Waals surface area contributed by atoms with E-state index in [0.29, 0.717) is 49.3 Å². The summed E-state index contributed by atoms with van der Waals surface area (Å²) in [5.74, 6) is -1.04. The lowest BCUT2D eigenvalue weighted by atomic mass is 9.84. The van der Waals surface area contributed by atoms with Crippen LogP contribution in [-0.2, 0) is 0 Å². The first kappa shape index (κ1) is 26.3. The number of pyridine rings is 1. The fourth-order valence-electron chi connectivity index (χ4n) is 5.98. The van der Waals surface area contributed by atoms with Crippen LogP contribution in [0.2, 0.25) is 0 Å². The molecule has 3 aromatic rings. The predicted octanol–water partition coefficient (Wildman–Crippen LogP) is 5.71. The molecule has 0 radical (unpaired) electrons. The summed E-state index contributed by atoms with van der Waals surface area (Å²) < 4.78 is 40.4. The Labute approximate surface area is 231 Å². The van der Waals surface area contributed by atoms with Gasteiger partial charge in [0.25, 0.3) is 5.92 Å². The Morgan fingerprint density at radius 1 is 1.03 bits per heavy atom. The first-order chi connectivity index (χ1) is 19.0. The van der Waals surface area contributed by atoms with Gasteiger partial charge in [0, 0.05) is 61.7 Å². The van der Waals surface area contributed by atoms with Crippen molar-refractivity contribution >= 4 is 29.1 Å². The number of hydrogen-bond acceptors (Lipinski definition) is 9. The van der Waals surface area contributed by atoms with Crippen molar-refractivity contribution in [3.8, 4) is 22.9 Å². The van der Waals surface area contributed by atoms with Gasteiger partial charge in [-0.25, -0.2) is 13.8 Å². The average Bonchev–Trinajstić information content (AvgIpc) is 3.47. The van der Waals surface area contributed by atoms with Crippen LogP contribution in [0.5, 0.6) is 0 Å². The standard InChI is InChI=1S/C28H34F2N6O2S/c29-28(30)9-5-19-7-12-35(13-8-19)24-17-22(34-39-15-14-37)3-4-23(24)27-33-32-26(38-27)20-6-10-31-25(16-20)36-11-1-2-21(28)18-36/h3-4,6,10,16-17,19,21,34,37H,1-2,5,7-9,11-15,18H2. The second-order valence-corrected chi connectivity index (χ2v) is 11.6. The number of halogens is 2. The first-order valence-electron chi connectivity index (χ1n) is 13.8. The third kappa shape index (κ3) is 5.70. The van der Waals surface area contributed by atoms with Crippen molar-refractivity contribution in [3.05, 3.63) is 36.5 Å². The van der Waals surface area contributed by atoms with E-state index < -0.39 is 11.8 Å². The monoisotopic (exact) mass is 556 g/mol. The number of nitrogens with zero attached hydrogens (tertiary/aromatic N) is 5. The normalized spacial score (nSPS) is 21.3.